The summed E-state index contributed by atoms with van der Waals surface area (Å²) in [5.74, 6) is -1.31. The molecule has 0 spiro atoms. The summed E-state index contributed by atoms with van der Waals surface area (Å²) in [5, 5.41) is 4.06. The summed E-state index contributed by atoms with van der Waals surface area (Å²) in [4.78, 5) is 40.1. The van der Waals surface area contributed by atoms with Crippen molar-refractivity contribution in [3.8, 4) is 0 Å². The zero-order valence-electron chi connectivity index (χ0n) is 7.24. The third-order valence-electron chi connectivity index (χ3n) is 1.26. The Labute approximate surface area is 100 Å². The van der Waals surface area contributed by atoms with E-state index in [1.165, 1.54) is 24.3 Å². The molecule has 0 unspecified atom stereocenters. The molecule has 2 aliphatic rings. The zero-order chi connectivity index (χ0) is 10.6. The van der Waals surface area contributed by atoms with Gasteiger partial charge in [-0.25, -0.2) is 0 Å². The van der Waals surface area contributed by atoms with Crippen molar-refractivity contribution < 1.29 is 41.6 Å². The van der Waals surface area contributed by atoms with E-state index in [0.29, 0.717) is 0 Å². The monoisotopic (exact) mass is 301 g/mol. The van der Waals surface area contributed by atoms with Crippen LogP contribution in [0.1, 0.15) is 0 Å². The van der Waals surface area contributed by atoms with E-state index >= 15 is 0 Å². The molecule has 0 saturated heterocycles. The van der Waals surface area contributed by atoms with E-state index < -0.39 is 0 Å². The van der Waals surface area contributed by atoms with Crippen molar-refractivity contribution in [1.29, 1.82) is 0 Å². The van der Waals surface area contributed by atoms with Crippen LogP contribution in [0.15, 0.2) is 24.3 Å². The Kier molecular flexibility index (Phi) is 5.47. The summed E-state index contributed by atoms with van der Waals surface area (Å²) in [6.45, 7) is 0. The van der Waals surface area contributed by atoms with E-state index in [-0.39, 0.29) is 46.0 Å². The van der Waals surface area contributed by atoms with Crippen molar-refractivity contribution in [2.45, 2.75) is 0 Å². The molecule has 83 valence electrons. The van der Waals surface area contributed by atoms with Crippen molar-refractivity contribution in [1.82, 2.24) is 10.6 Å². The second-order valence-corrected chi connectivity index (χ2v) is 2.37. The van der Waals surface area contributed by atoms with Crippen molar-refractivity contribution in [2.75, 3.05) is 0 Å². The average molecular weight is 302 g/mol. The van der Waals surface area contributed by atoms with Gasteiger partial charge in [-0.15, -0.1) is 0 Å². The van der Waals surface area contributed by atoms with Crippen molar-refractivity contribution in [2.24, 2.45) is 0 Å². The number of hydrogen-bond donors (Lipinski definition) is 2. The molecule has 1 radical (unpaired) electrons. The fourth-order valence-corrected chi connectivity index (χ4v) is 0.712. The van der Waals surface area contributed by atoms with Crippen LogP contribution in [0.4, 0.5) is 0 Å². The molecule has 0 aromatic heterocycles. The molecular weight excluding hydrogens is 296 g/mol. The number of carbonyl (C=O) groups excluding carboxylic acids is 4. The first-order chi connectivity index (χ1) is 6.58. The molecule has 2 rings (SSSR count). The first-order valence-electron chi connectivity index (χ1n) is 3.64. The van der Waals surface area contributed by atoms with Gasteiger partial charge in [0.2, 0.25) is 0 Å². The van der Waals surface area contributed by atoms with E-state index in [0.717, 1.165) is 0 Å². The summed E-state index contributed by atoms with van der Waals surface area (Å²) in [6, 6.07) is 0. The molecule has 0 atom stereocenters. The summed E-state index contributed by atoms with van der Waals surface area (Å²) in [6.07, 6.45) is 4.79. The third-order valence-corrected chi connectivity index (χ3v) is 1.26. The molecular formula is C8H6AgN2O4. The van der Waals surface area contributed by atoms with Gasteiger partial charge in [-0.1, -0.05) is 0 Å². The van der Waals surface area contributed by atoms with Crippen LogP contribution in [-0.2, 0) is 41.6 Å². The normalized spacial score (nSPS) is 16.5. The molecule has 15 heavy (non-hydrogen) atoms. The van der Waals surface area contributed by atoms with Gasteiger partial charge in [0.15, 0.2) is 0 Å². The molecule has 6 nitrogen and oxygen atoms in total. The molecule has 2 heterocycles. The smallest absolute Gasteiger partial charge is 0.250 e. The standard InChI is InChI=1S/2C4H3NO2.Ag/c2*6-3-1-2-4(7)5-3;/h2*1-2H,(H,5,6,7);. The molecule has 0 aromatic rings. The van der Waals surface area contributed by atoms with Crippen molar-refractivity contribution in [3.63, 3.8) is 0 Å². The molecule has 0 bridgehead atoms. The summed E-state index contributed by atoms with van der Waals surface area (Å²) < 4.78 is 0. The van der Waals surface area contributed by atoms with Crippen LogP contribution in [0.2, 0.25) is 0 Å². The SMILES string of the molecule is O=C1C=CC(=O)N1.O=C1C=CC(=O)N1.[Ag]. The topological polar surface area (TPSA) is 92.3 Å². The van der Waals surface area contributed by atoms with Gasteiger partial charge in [-0.3, -0.25) is 29.8 Å². The van der Waals surface area contributed by atoms with Gasteiger partial charge in [-0.05, 0) is 0 Å². The van der Waals surface area contributed by atoms with Crippen LogP contribution >= 0.6 is 0 Å². The quantitative estimate of drug-likeness (QED) is 0.416. The van der Waals surface area contributed by atoms with Gasteiger partial charge in [-0.2, -0.15) is 0 Å². The minimum Gasteiger partial charge on any atom is -0.289 e. The maximum atomic E-state index is 10.0. The Morgan fingerprint density at radius 3 is 0.867 bits per heavy atom. The van der Waals surface area contributed by atoms with Crippen LogP contribution in [0.3, 0.4) is 0 Å². The minimum absolute atomic E-state index is 0. The molecule has 2 aliphatic heterocycles. The van der Waals surface area contributed by atoms with E-state index in [4.69, 9.17) is 0 Å². The van der Waals surface area contributed by atoms with E-state index in [1.807, 2.05) is 10.6 Å². The number of carbonyl (C=O) groups is 4. The van der Waals surface area contributed by atoms with Gasteiger partial charge >= 0.3 is 0 Å². The minimum atomic E-state index is -0.329. The predicted octanol–water partition coefficient (Wildman–Crippen LogP) is -1.60. The zero-order valence-corrected chi connectivity index (χ0v) is 8.73. The Bertz CT molecular complexity index is 305. The Morgan fingerprint density at radius 1 is 0.600 bits per heavy atom. The second kappa shape index (κ2) is 6.07. The molecule has 0 saturated carbocycles. The third kappa shape index (κ3) is 5.06. The largest absolute Gasteiger partial charge is 0.289 e. The van der Waals surface area contributed by atoms with Gasteiger partial charge in [0.25, 0.3) is 23.6 Å². The number of imide groups is 2. The van der Waals surface area contributed by atoms with Crippen LogP contribution < -0.4 is 10.6 Å². The first-order valence-corrected chi connectivity index (χ1v) is 3.64. The van der Waals surface area contributed by atoms with E-state index in [1.54, 1.807) is 0 Å². The number of amides is 4. The molecule has 4 amide bonds. The van der Waals surface area contributed by atoms with Crippen molar-refractivity contribution in [3.05, 3.63) is 24.3 Å². The maximum absolute atomic E-state index is 10.0. The number of nitrogens with one attached hydrogen (secondary N) is 2. The Hall–Kier alpha value is -1.50. The molecule has 0 aliphatic carbocycles. The predicted molar refractivity (Wildman–Crippen MR) is 44.6 cm³/mol. The van der Waals surface area contributed by atoms with Crippen LogP contribution in [0.5, 0.6) is 0 Å². The fraction of sp³-hybridized carbons (Fsp3) is 0. The van der Waals surface area contributed by atoms with Crippen LogP contribution in [0, 0.1) is 0 Å². The van der Waals surface area contributed by atoms with Gasteiger partial charge in [0.1, 0.15) is 0 Å². The number of hydrogen-bond acceptors (Lipinski definition) is 4. The molecule has 0 fully saturated rings. The van der Waals surface area contributed by atoms with Gasteiger partial charge in [0, 0.05) is 46.7 Å². The molecule has 0 aromatic carbocycles. The van der Waals surface area contributed by atoms with E-state index in [9.17, 15) is 19.2 Å². The van der Waals surface area contributed by atoms with Gasteiger partial charge in [0.05, 0.1) is 0 Å². The Morgan fingerprint density at radius 2 is 0.800 bits per heavy atom. The van der Waals surface area contributed by atoms with Crippen LogP contribution in [-0.4, -0.2) is 23.6 Å². The summed E-state index contributed by atoms with van der Waals surface area (Å²) >= 11 is 0. The molecule has 2 N–H and O–H groups in total. The fourth-order valence-electron chi connectivity index (χ4n) is 0.712. The summed E-state index contributed by atoms with van der Waals surface area (Å²) in [7, 11) is 0. The average Bonchev–Trinajstić information content (AvgIpc) is 2.63. The Balaban J connectivity index is 0.000000245. The van der Waals surface area contributed by atoms with Crippen LogP contribution in [0.25, 0.3) is 0 Å². The van der Waals surface area contributed by atoms with Crippen molar-refractivity contribution >= 4 is 23.6 Å². The van der Waals surface area contributed by atoms with Gasteiger partial charge < -0.3 is 0 Å². The summed E-state index contributed by atoms with van der Waals surface area (Å²) in [5.41, 5.74) is 0. The maximum Gasteiger partial charge on any atom is 0.250 e. The van der Waals surface area contributed by atoms with E-state index in [2.05, 4.69) is 0 Å². The second-order valence-electron chi connectivity index (χ2n) is 2.37. The number of rotatable bonds is 0. The molecule has 7 heteroatoms. The first kappa shape index (κ1) is 13.5.